The summed E-state index contributed by atoms with van der Waals surface area (Å²) in [6.07, 6.45) is 6.84. The van der Waals surface area contributed by atoms with E-state index in [1.807, 2.05) is 0 Å². The molecule has 18 heavy (non-hydrogen) atoms. The molecule has 1 N–H and O–H groups in total. The van der Waals surface area contributed by atoms with Gasteiger partial charge < -0.3 is 10.1 Å². The normalized spacial score (nSPS) is 30.2. The predicted octanol–water partition coefficient (Wildman–Crippen LogP) is 3.16. The average molecular weight is 245 g/mol. The second-order valence-electron chi connectivity index (χ2n) is 5.67. The van der Waals surface area contributed by atoms with E-state index >= 15 is 0 Å². The monoisotopic (exact) mass is 245 g/mol. The van der Waals surface area contributed by atoms with Gasteiger partial charge in [0.1, 0.15) is 11.9 Å². The van der Waals surface area contributed by atoms with Crippen LogP contribution in [0.5, 0.6) is 5.75 Å². The van der Waals surface area contributed by atoms with Crippen LogP contribution in [0.15, 0.2) is 24.3 Å². The van der Waals surface area contributed by atoms with Crippen molar-refractivity contribution in [3.8, 4) is 5.75 Å². The van der Waals surface area contributed by atoms with Crippen LogP contribution in [0.1, 0.15) is 38.2 Å². The summed E-state index contributed by atoms with van der Waals surface area (Å²) in [5, 5.41) is 3.73. The first-order chi connectivity index (χ1) is 8.86. The first-order valence-corrected chi connectivity index (χ1v) is 7.34. The third-order valence-electron chi connectivity index (χ3n) is 4.50. The van der Waals surface area contributed by atoms with Crippen molar-refractivity contribution in [2.75, 3.05) is 6.54 Å². The quantitative estimate of drug-likeness (QED) is 0.880. The van der Waals surface area contributed by atoms with Crippen LogP contribution in [-0.4, -0.2) is 18.7 Å². The van der Waals surface area contributed by atoms with E-state index < -0.39 is 0 Å². The third-order valence-corrected chi connectivity index (χ3v) is 4.50. The van der Waals surface area contributed by atoms with Crippen molar-refractivity contribution < 1.29 is 4.74 Å². The maximum absolute atomic E-state index is 5.97. The molecule has 98 valence electrons. The predicted molar refractivity (Wildman–Crippen MR) is 74.0 cm³/mol. The van der Waals surface area contributed by atoms with Crippen molar-refractivity contribution in [1.29, 1.82) is 0 Å². The van der Waals surface area contributed by atoms with Gasteiger partial charge in [-0.25, -0.2) is 0 Å². The lowest BCUT2D eigenvalue weighted by atomic mass is 10.0. The molecule has 1 saturated carbocycles. The molecular formula is C16H23NO. The number of ether oxygens (including phenoxy) is 1. The molecule has 1 fully saturated rings. The molecule has 3 unspecified atom stereocenters. The molecule has 1 aliphatic carbocycles. The van der Waals surface area contributed by atoms with Gasteiger partial charge in [0.05, 0.1) is 0 Å². The fourth-order valence-electron chi connectivity index (χ4n) is 3.44. The molecule has 0 saturated heterocycles. The Balaban J connectivity index is 1.51. The van der Waals surface area contributed by atoms with Gasteiger partial charge in [-0.1, -0.05) is 38.0 Å². The molecular weight excluding hydrogens is 222 g/mol. The standard InChI is InChI=1S/C16H23NO/c1-2-12-7-5-8-15(12)17-11-14-10-13-6-3-4-9-16(13)18-14/h3-4,6,9,12,14-15,17H,2,5,7-8,10-11H2,1H3. The van der Waals surface area contributed by atoms with Crippen LogP contribution in [0, 0.1) is 5.92 Å². The Kier molecular flexibility index (Phi) is 3.55. The molecule has 3 atom stereocenters. The summed E-state index contributed by atoms with van der Waals surface area (Å²) in [7, 11) is 0. The number of rotatable bonds is 4. The molecule has 0 radical (unpaired) electrons. The van der Waals surface area contributed by atoms with Crippen LogP contribution in [-0.2, 0) is 6.42 Å². The number of fused-ring (bicyclic) bond motifs is 1. The van der Waals surface area contributed by atoms with Crippen LogP contribution < -0.4 is 10.1 Å². The highest BCUT2D eigenvalue weighted by atomic mass is 16.5. The Morgan fingerprint density at radius 2 is 2.17 bits per heavy atom. The van der Waals surface area contributed by atoms with Crippen LogP contribution in [0.25, 0.3) is 0 Å². The summed E-state index contributed by atoms with van der Waals surface area (Å²) in [5.41, 5.74) is 1.36. The van der Waals surface area contributed by atoms with E-state index in [2.05, 4.69) is 36.5 Å². The minimum absolute atomic E-state index is 0.334. The number of benzene rings is 1. The van der Waals surface area contributed by atoms with Crippen LogP contribution in [0.3, 0.4) is 0 Å². The lowest BCUT2D eigenvalue weighted by Crippen LogP contribution is -2.39. The fraction of sp³-hybridized carbons (Fsp3) is 0.625. The lowest BCUT2D eigenvalue weighted by Gasteiger charge is -2.21. The Labute approximate surface area is 110 Å². The van der Waals surface area contributed by atoms with E-state index in [0.29, 0.717) is 6.10 Å². The van der Waals surface area contributed by atoms with E-state index in [1.165, 1.54) is 31.2 Å². The van der Waals surface area contributed by atoms with Crippen molar-refractivity contribution >= 4 is 0 Å². The zero-order valence-electron chi connectivity index (χ0n) is 11.2. The van der Waals surface area contributed by atoms with Crippen LogP contribution >= 0.6 is 0 Å². The lowest BCUT2D eigenvalue weighted by molar-refractivity contribution is 0.215. The van der Waals surface area contributed by atoms with Gasteiger partial charge in [-0.05, 0) is 30.4 Å². The second-order valence-corrected chi connectivity index (χ2v) is 5.67. The minimum Gasteiger partial charge on any atom is -0.488 e. The zero-order chi connectivity index (χ0) is 12.4. The summed E-state index contributed by atoms with van der Waals surface area (Å²) in [6.45, 7) is 3.31. The molecule has 0 aromatic heterocycles. The molecule has 1 aromatic carbocycles. The van der Waals surface area contributed by atoms with E-state index in [1.54, 1.807) is 0 Å². The highest BCUT2D eigenvalue weighted by Crippen LogP contribution is 2.30. The Hall–Kier alpha value is -1.02. The fourth-order valence-corrected chi connectivity index (χ4v) is 3.44. The molecule has 0 spiro atoms. The molecule has 2 aliphatic rings. The highest BCUT2D eigenvalue weighted by Gasteiger charge is 2.28. The van der Waals surface area contributed by atoms with Gasteiger partial charge in [-0.2, -0.15) is 0 Å². The molecule has 1 aromatic rings. The van der Waals surface area contributed by atoms with Gasteiger partial charge >= 0.3 is 0 Å². The molecule has 2 heteroatoms. The smallest absolute Gasteiger partial charge is 0.123 e. The van der Waals surface area contributed by atoms with E-state index in [0.717, 1.165) is 30.7 Å². The number of hydrogen-bond acceptors (Lipinski definition) is 2. The summed E-state index contributed by atoms with van der Waals surface area (Å²) in [5.74, 6) is 1.97. The average Bonchev–Trinajstić information content (AvgIpc) is 3.01. The number of para-hydroxylation sites is 1. The molecule has 1 aliphatic heterocycles. The van der Waals surface area contributed by atoms with Crippen molar-refractivity contribution in [2.45, 2.75) is 51.2 Å². The van der Waals surface area contributed by atoms with Gasteiger partial charge in [-0.15, -0.1) is 0 Å². The largest absolute Gasteiger partial charge is 0.488 e. The maximum Gasteiger partial charge on any atom is 0.123 e. The Bertz CT molecular complexity index is 379. The van der Waals surface area contributed by atoms with E-state index in [4.69, 9.17) is 4.74 Å². The van der Waals surface area contributed by atoms with Gasteiger partial charge in [0, 0.05) is 19.0 Å². The van der Waals surface area contributed by atoms with Crippen molar-refractivity contribution in [3.05, 3.63) is 29.8 Å². The summed E-state index contributed by atoms with van der Waals surface area (Å²) in [6, 6.07) is 9.14. The Morgan fingerprint density at radius 1 is 1.28 bits per heavy atom. The highest BCUT2D eigenvalue weighted by molar-refractivity contribution is 5.37. The number of nitrogens with one attached hydrogen (secondary N) is 1. The summed E-state index contributed by atoms with van der Waals surface area (Å²) < 4.78 is 5.97. The molecule has 0 bridgehead atoms. The van der Waals surface area contributed by atoms with Crippen molar-refractivity contribution in [2.24, 2.45) is 5.92 Å². The summed E-state index contributed by atoms with van der Waals surface area (Å²) >= 11 is 0. The summed E-state index contributed by atoms with van der Waals surface area (Å²) in [4.78, 5) is 0. The van der Waals surface area contributed by atoms with Crippen molar-refractivity contribution in [1.82, 2.24) is 5.32 Å². The molecule has 3 rings (SSSR count). The van der Waals surface area contributed by atoms with Crippen LogP contribution in [0.4, 0.5) is 0 Å². The van der Waals surface area contributed by atoms with Gasteiger partial charge in [-0.3, -0.25) is 0 Å². The Morgan fingerprint density at radius 3 is 3.00 bits per heavy atom. The number of hydrogen-bond donors (Lipinski definition) is 1. The van der Waals surface area contributed by atoms with Gasteiger partial charge in [0.15, 0.2) is 0 Å². The maximum atomic E-state index is 5.97. The second kappa shape index (κ2) is 5.31. The first-order valence-electron chi connectivity index (χ1n) is 7.34. The topological polar surface area (TPSA) is 21.3 Å². The molecule has 1 heterocycles. The van der Waals surface area contributed by atoms with Gasteiger partial charge in [0.25, 0.3) is 0 Å². The SMILES string of the molecule is CCC1CCCC1NCC1Cc2ccccc2O1. The third kappa shape index (κ3) is 2.39. The first kappa shape index (κ1) is 12.0. The van der Waals surface area contributed by atoms with Gasteiger partial charge in [0.2, 0.25) is 0 Å². The molecule has 2 nitrogen and oxygen atoms in total. The zero-order valence-corrected chi connectivity index (χ0v) is 11.2. The van der Waals surface area contributed by atoms with Crippen molar-refractivity contribution in [3.63, 3.8) is 0 Å². The minimum atomic E-state index is 0.334. The van der Waals surface area contributed by atoms with E-state index in [-0.39, 0.29) is 0 Å². The molecule has 0 amide bonds. The van der Waals surface area contributed by atoms with Crippen LogP contribution in [0.2, 0.25) is 0 Å². The van der Waals surface area contributed by atoms with E-state index in [9.17, 15) is 0 Å².